The third kappa shape index (κ3) is 6.61. The molecule has 0 aromatic heterocycles. The molecule has 148 valence electrons. The Balaban J connectivity index is 1.53. The molecule has 0 atom stereocenters. The maximum Gasteiger partial charge on any atom is -0.0184 e. The number of aryl methyl sites for hydroxylation is 4. The summed E-state index contributed by atoms with van der Waals surface area (Å²) in [7, 11) is 0. The molecule has 0 aliphatic rings. The molecule has 29 heavy (non-hydrogen) atoms. The summed E-state index contributed by atoms with van der Waals surface area (Å²) < 4.78 is 0. The molecule has 0 saturated heterocycles. The van der Waals surface area contributed by atoms with Crippen LogP contribution in [0.25, 0.3) is 11.1 Å². The van der Waals surface area contributed by atoms with Crippen molar-refractivity contribution in [1.29, 1.82) is 0 Å². The van der Waals surface area contributed by atoms with E-state index in [1.807, 2.05) is 6.08 Å². The summed E-state index contributed by atoms with van der Waals surface area (Å²) in [5.41, 5.74) is 8.18. The van der Waals surface area contributed by atoms with Crippen molar-refractivity contribution in [2.75, 3.05) is 0 Å². The molecule has 0 heterocycles. The summed E-state index contributed by atoms with van der Waals surface area (Å²) in [6.07, 6.45) is 12.9. The third-order valence-electron chi connectivity index (χ3n) is 5.44. The van der Waals surface area contributed by atoms with Crippen LogP contribution in [0.3, 0.4) is 0 Å². The molecule has 0 radical (unpaired) electrons. The Morgan fingerprint density at radius 1 is 0.552 bits per heavy atom. The lowest BCUT2D eigenvalue weighted by Gasteiger charge is -2.07. The fraction of sp³-hybridized carbons (Fsp3) is 0.241. The molecule has 0 N–H and O–H groups in total. The van der Waals surface area contributed by atoms with E-state index in [1.165, 1.54) is 33.4 Å². The Morgan fingerprint density at radius 3 is 1.34 bits per heavy atom. The zero-order valence-electron chi connectivity index (χ0n) is 17.6. The van der Waals surface area contributed by atoms with Gasteiger partial charge < -0.3 is 0 Å². The van der Waals surface area contributed by atoms with Gasteiger partial charge in [-0.15, -0.1) is 6.58 Å². The van der Waals surface area contributed by atoms with E-state index in [4.69, 9.17) is 0 Å². The summed E-state index contributed by atoms with van der Waals surface area (Å²) in [6, 6.07) is 27.1. The lowest BCUT2D eigenvalue weighted by Crippen LogP contribution is -1.92. The Labute approximate surface area is 176 Å². The fourth-order valence-electron chi connectivity index (χ4n) is 3.57. The van der Waals surface area contributed by atoms with Crippen molar-refractivity contribution in [2.45, 2.75) is 45.4 Å². The van der Waals surface area contributed by atoms with Crippen molar-refractivity contribution < 1.29 is 0 Å². The molecule has 0 saturated carbocycles. The molecule has 0 amide bonds. The normalized spacial score (nSPS) is 11.1. The van der Waals surface area contributed by atoms with Crippen LogP contribution in [0.1, 0.15) is 42.0 Å². The minimum Gasteiger partial charge on any atom is -0.103 e. The van der Waals surface area contributed by atoms with Gasteiger partial charge in [0, 0.05) is 0 Å². The van der Waals surface area contributed by atoms with Gasteiger partial charge in [-0.05, 0) is 78.8 Å². The van der Waals surface area contributed by atoms with Gasteiger partial charge >= 0.3 is 0 Å². The summed E-state index contributed by atoms with van der Waals surface area (Å²) in [5, 5.41) is 0. The van der Waals surface area contributed by atoms with Crippen LogP contribution in [0.15, 0.2) is 97.6 Å². The minimum atomic E-state index is 1.03. The number of allylic oxidation sites excluding steroid dienone is 3. The molecule has 0 aliphatic carbocycles. The van der Waals surface area contributed by atoms with Gasteiger partial charge in [0.2, 0.25) is 0 Å². The molecule has 0 heteroatoms. The first kappa shape index (κ1) is 20.9. The number of hydrogen-bond acceptors (Lipinski definition) is 0. The molecule has 0 unspecified atom stereocenters. The van der Waals surface area contributed by atoms with Crippen molar-refractivity contribution in [1.82, 2.24) is 0 Å². The molecular formula is C29H32. The van der Waals surface area contributed by atoms with Crippen LogP contribution in [-0.4, -0.2) is 0 Å². The Kier molecular flexibility index (Phi) is 8.07. The van der Waals surface area contributed by atoms with E-state index in [0.717, 1.165) is 38.5 Å². The van der Waals surface area contributed by atoms with Gasteiger partial charge in [-0.1, -0.05) is 91.0 Å². The van der Waals surface area contributed by atoms with Crippen LogP contribution >= 0.6 is 0 Å². The first-order chi connectivity index (χ1) is 14.3. The summed E-state index contributed by atoms with van der Waals surface area (Å²) in [5.74, 6) is 0. The summed E-state index contributed by atoms with van der Waals surface area (Å²) in [6.45, 7) is 5.88. The lowest BCUT2D eigenvalue weighted by molar-refractivity contribution is 0.951. The zero-order valence-corrected chi connectivity index (χ0v) is 17.6. The minimum absolute atomic E-state index is 1.03. The van der Waals surface area contributed by atoms with Gasteiger partial charge in [0.15, 0.2) is 0 Å². The maximum atomic E-state index is 3.80. The molecule has 3 rings (SSSR count). The van der Waals surface area contributed by atoms with Crippen molar-refractivity contribution in [3.63, 3.8) is 0 Å². The van der Waals surface area contributed by atoms with Crippen molar-refractivity contribution >= 4 is 0 Å². The van der Waals surface area contributed by atoms with Crippen LogP contribution in [0.4, 0.5) is 0 Å². The first-order valence-corrected chi connectivity index (χ1v) is 10.8. The highest BCUT2D eigenvalue weighted by molar-refractivity contribution is 5.64. The summed E-state index contributed by atoms with van der Waals surface area (Å²) >= 11 is 0. The standard InChI is InChI=1S/C29H32/c1-3-5-7-9-25-10-12-26(13-11-25)14-15-27-18-22-29(23-19-27)28-20-16-24(17-21-28)8-6-4-2/h3-5,10-13,16-23H,2,6-9,14-15H2,1H3/b5-3+. The fourth-order valence-corrected chi connectivity index (χ4v) is 3.57. The predicted molar refractivity (Wildman–Crippen MR) is 127 cm³/mol. The highest BCUT2D eigenvalue weighted by Crippen LogP contribution is 2.21. The average molecular weight is 381 g/mol. The quantitative estimate of drug-likeness (QED) is 0.315. The van der Waals surface area contributed by atoms with Gasteiger partial charge in [0.25, 0.3) is 0 Å². The van der Waals surface area contributed by atoms with E-state index in [2.05, 4.69) is 98.5 Å². The average Bonchev–Trinajstić information content (AvgIpc) is 2.78. The molecule has 0 spiro atoms. The van der Waals surface area contributed by atoms with E-state index in [9.17, 15) is 0 Å². The molecule has 3 aromatic carbocycles. The second kappa shape index (κ2) is 11.2. The van der Waals surface area contributed by atoms with Crippen molar-refractivity contribution in [3.05, 3.63) is 120 Å². The van der Waals surface area contributed by atoms with Gasteiger partial charge in [-0.25, -0.2) is 0 Å². The van der Waals surface area contributed by atoms with Crippen LogP contribution in [0, 0.1) is 0 Å². The molecule has 0 nitrogen and oxygen atoms in total. The Hall–Kier alpha value is -2.86. The molecule has 3 aromatic rings. The molecule has 0 aliphatic heterocycles. The smallest absolute Gasteiger partial charge is 0.0184 e. The number of rotatable bonds is 10. The molecule has 0 bridgehead atoms. The van der Waals surface area contributed by atoms with Crippen molar-refractivity contribution in [2.24, 2.45) is 0 Å². The third-order valence-corrected chi connectivity index (χ3v) is 5.44. The highest BCUT2D eigenvalue weighted by atomic mass is 14.1. The Morgan fingerprint density at radius 2 is 0.931 bits per heavy atom. The van der Waals surface area contributed by atoms with E-state index in [-0.39, 0.29) is 0 Å². The van der Waals surface area contributed by atoms with Crippen LogP contribution in [-0.2, 0) is 25.7 Å². The predicted octanol–water partition coefficient (Wildman–Crippen LogP) is 7.77. The van der Waals surface area contributed by atoms with Crippen LogP contribution in [0.5, 0.6) is 0 Å². The van der Waals surface area contributed by atoms with E-state index in [0.29, 0.717) is 0 Å². The second-order valence-corrected chi connectivity index (χ2v) is 7.65. The Bertz CT molecular complexity index is 894. The largest absolute Gasteiger partial charge is 0.103 e. The lowest BCUT2D eigenvalue weighted by atomic mass is 9.98. The summed E-state index contributed by atoms with van der Waals surface area (Å²) in [4.78, 5) is 0. The van der Waals surface area contributed by atoms with Gasteiger partial charge in [-0.2, -0.15) is 0 Å². The number of hydrogen-bond donors (Lipinski definition) is 0. The van der Waals surface area contributed by atoms with Crippen LogP contribution < -0.4 is 0 Å². The van der Waals surface area contributed by atoms with Gasteiger partial charge in [-0.3, -0.25) is 0 Å². The zero-order chi connectivity index (χ0) is 20.3. The second-order valence-electron chi connectivity index (χ2n) is 7.65. The van der Waals surface area contributed by atoms with E-state index in [1.54, 1.807) is 0 Å². The monoisotopic (exact) mass is 380 g/mol. The van der Waals surface area contributed by atoms with Gasteiger partial charge in [0.1, 0.15) is 0 Å². The van der Waals surface area contributed by atoms with Crippen molar-refractivity contribution in [3.8, 4) is 11.1 Å². The first-order valence-electron chi connectivity index (χ1n) is 10.8. The van der Waals surface area contributed by atoms with Crippen LogP contribution in [0.2, 0.25) is 0 Å². The molecular weight excluding hydrogens is 348 g/mol. The maximum absolute atomic E-state index is 3.80. The molecule has 0 fully saturated rings. The number of benzene rings is 3. The topological polar surface area (TPSA) is 0 Å². The van der Waals surface area contributed by atoms with E-state index >= 15 is 0 Å². The SMILES string of the molecule is C=CCCc1ccc(-c2ccc(CCc3ccc(CC/C=C/C)cc3)cc2)cc1. The van der Waals surface area contributed by atoms with E-state index < -0.39 is 0 Å². The van der Waals surface area contributed by atoms with Gasteiger partial charge in [0.05, 0.1) is 0 Å². The highest BCUT2D eigenvalue weighted by Gasteiger charge is 2.01.